The summed E-state index contributed by atoms with van der Waals surface area (Å²) in [5.74, 6) is -0.328. The molecule has 4 heteroatoms. The van der Waals surface area contributed by atoms with Gasteiger partial charge in [0.1, 0.15) is 5.82 Å². The summed E-state index contributed by atoms with van der Waals surface area (Å²) in [6.45, 7) is 5.83. The van der Waals surface area contributed by atoms with E-state index in [4.69, 9.17) is 5.11 Å². The van der Waals surface area contributed by atoms with Gasteiger partial charge in [-0.3, -0.25) is 0 Å². The van der Waals surface area contributed by atoms with Gasteiger partial charge in [-0.1, -0.05) is 17.7 Å². The van der Waals surface area contributed by atoms with Gasteiger partial charge in [0.2, 0.25) is 0 Å². The Kier molecular flexibility index (Phi) is 2.71. The molecule has 2 aromatic rings. The van der Waals surface area contributed by atoms with Crippen LogP contribution in [0.1, 0.15) is 27.4 Å². The third kappa shape index (κ3) is 2.06. The summed E-state index contributed by atoms with van der Waals surface area (Å²) in [5.41, 5.74) is 3.32. The molecule has 17 heavy (non-hydrogen) atoms. The van der Waals surface area contributed by atoms with E-state index >= 15 is 0 Å². The highest BCUT2D eigenvalue weighted by molar-refractivity contribution is 5.85. The highest BCUT2D eigenvalue weighted by Crippen LogP contribution is 2.18. The molecule has 1 aromatic carbocycles. The first-order valence-electron chi connectivity index (χ1n) is 5.36. The van der Waals surface area contributed by atoms with Crippen molar-refractivity contribution in [1.29, 1.82) is 0 Å². The van der Waals surface area contributed by atoms with Crippen LogP contribution in [0.2, 0.25) is 0 Å². The number of nitrogens with zero attached hydrogens (tertiary/aromatic N) is 2. The smallest absolute Gasteiger partial charge is 0.356 e. The minimum atomic E-state index is -1.00. The van der Waals surface area contributed by atoms with Crippen molar-refractivity contribution < 1.29 is 9.90 Å². The van der Waals surface area contributed by atoms with E-state index in [1.807, 2.05) is 26.0 Å². The van der Waals surface area contributed by atoms with Gasteiger partial charge < -0.3 is 9.67 Å². The van der Waals surface area contributed by atoms with Crippen LogP contribution in [0.25, 0.3) is 5.69 Å². The fourth-order valence-corrected chi connectivity index (χ4v) is 1.90. The van der Waals surface area contributed by atoms with Gasteiger partial charge in [-0.15, -0.1) is 0 Å². The molecule has 0 radical (unpaired) electrons. The monoisotopic (exact) mass is 230 g/mol. The maximum atomic E-state index is 10.9. The number of carbonyl (C=O) groups is 1. The van der Waals surface area contributed by atoms with Gasteiger partial charge in [0.05, 0.1) is 0 Å². The Morgan fingerprint density at radius 3 is 2.53 bits per heavy atom. The van der Waals surface area contributed by atoms with Gasteiger partial charge in [-0.05, 0) is 32.4 Å². The number of carboxylic acid groups (broad SMARTS) is 1. The van der Waals surface area contributed by atoms with Crippen LogP contribution in [0.5, 0.6) is 0 Å². The lowest BCUT2D eigenvalue weighted by molar-refractivity contribution is 0.0691. The topological polar surface area (TPSA) is 55.1 Å². The van der Waals surface area contributed by atoms with Crippen LogP contribution in [0.4, 0.5) is 0 Å². The zero-order valence-electron chi connectivity index (χ0n) is 10.1. The van der Waals surface area contributed by atoms with Crippen molar-refractivity contribution in [2.45, 2.75) is 20.8 Å². The summed E-state index contributed by atoms with van der Waals surface area (Å²) >= 11 is 0. The predicted molar refractivity (Wildman–Crippen MR) is 64.7 cm³/mol. The molecule has 0 saturated carbocycles. The lowest BCUT2D eigenvalue weighted by Gasteiger charge is -2.09. The van der Waals surface area contributed by atoms with Crippen molar-refractivity contribution in [3.8, 4) is 5.69 Å². The van der Waals surface area contributed by atoms with Gasteiger partial charge in [-0.25, -0.2) is 9.78 Å². The summed E-state index contributed by atoms with van der Waals surface area (Å²) in [5, 5.41) is 8.91. The molecule has 88 valence electrons. The van der Waals surface area contributed by atoms with Crippen LogP contribution < -0.4 is 0 Å². The molecule has 0 aliphatic rings. The molecule has 1 aromatic heterocycles. The van der Waals surface area contributed by atoms with Crippen molar-refractivity contribution >= 4 is 5.97 Å². The molecule has 1 heterocycles. The molecule has 0 saturated heterocycles. The number of hydrogen-bond donors (Lipinski definition) is 1. The van der Waals surface area contributed by atoms with E-state index in [0.717, 1.165) is 11.3 Å². The largest absolute Gasteiger partial charge is 0.476 e. The fourth-order valence-electron chi connectivity index (χ4n) is 1.90. The van der Waals surface area contributed by atoms with Crippen LogP contribution >= 0.6 is 0 Å². The minimum absolute atomic E-state index is 0.0717. The van der Waals surface area contributed by atoms with Crippen molar-refractivity contribution in [3.05, 3.63) is 47.0 Å². The number of aromatic nitrogens is 2. The molecule has 0 unspecified atom stereocenters. The van der Waals surface area contributed by atoms with Crippen LogP contribution in [0.15, 0.2) is 24.4 Å². The molecule has 0 amide bonds. The quantitative estimate of drug-likeness (QED) is 0.862. The van der Waals surface area contributed by atoms with Gasteiger partial charge in [0, 0.05) is 11.9 Å². The minimum Gasteiger partial charge on any atom is -0.476 e. The standard InChI is InChI=1S/C13H14N2O2/c1-8-4-5-12(9(2)6-8)15-7-11(13(16)17)14-10(15)3/h4-7H,1-3H3,(H,16,17). The van der Waals surface area contributed by atoms with E-state index in [2.05, 4.69) is 11.1 Å². The van der Waals surface area contributed by atoms with Gasteiger partial charge in [-0.2, -0.15) is 0 Å². The lowest BCUT2D eigenvalue weighted by Crippen LogP contribution is -1.98. The van der Waals surface area contributed by atoms with Crippen LogP contribution in [0.3, 0.4) is 0 Å². The molecule has 0 aliphatic heterocycles. The molecule has 1 N–H and O–H groups in total. The summed E-state index contributed by atoms with van der Waals surface area (Å²) in [6.07, 6.45) is 1.55. The lowest BCUT2D eigenvalue weighted by atomic mass is 10.1. The first-order valence-corrected chi connectivity index (χ1v) is 5.36. The van der Waals surface area contributed by atoms with Crippen molar-refractivity contribution in [3.63, 3.8) is 0 Å². The molecule has 0 atom stereocenters. The first kappa shape index (κ1) is 11.4. The highest BCUT2D eigenvalue weighted by Gasteiger charge is 2.12. The summed E-state index contributed by atoms with van der Waals surface area (Å²) in [6, 6.07) is 6.04. The number of carboxylic acids is 1. The Morgan fingerprint density at radius 2 is 2.00 bits per heavy atom. The van der Waals surface area contributed by atoms with E-state index in [9.17, 15) is 4.79 Å². The Morgan fingerprint density at radius 1 is 1.29 bits per heavy atom. The fraction of sp³-hybridized carbons (Fsp3) is 0.231. The average molecular weight is 230 g/mol. The molecule has 4 nitrogen and oxygen atoms in total. The second-order valence-electron chi connectivity index (χ2n) is 4.14. The maximum Gasteiger partial charge on any atom is 0.356 e. The van der Waals surface area contributed by atoms with E-state index < -0.39 is 5.97 Å². The zero-order chi connectivity index (χ0) is 12.6. The van der Waals surface area contributed by atoms with E-state index in [0.29, 0.717) is 5.82 Å². The molecule has 0 fully saturated rings. The number of rotatable bonds is 2. The van der Waals surface area contributed by atoms with Gasteiger partial charge in [0.15, 0.2) is 5.69 Å². The Balaban J connectivity index is 2.56. The number of benzene rings is 1. The predicted octanol–water partition coefficient (Wildman–Crippen LogP) is 2.50. The van der Waals surface area contributed by atoms with Crippen molar-refractivity contribution in [1.82, 2.24) is 9.55 Å². The van der Waals surface area contributed by atoms with Gasteiger partial charge in [0.25, 0.3) is 0 Å². The van der Waals surface area contributed by atoms with E-state index in [-0.39, 0.29) is 5.69 Å². The summed E-state index contributed by atoms with van der Waals surface area (Å²) in [4.78, 5) is 14.9. The second kappa shape index (κ2) is 4.05. The molecule has 2 rings (SSSR count). The average Bonchev–Trinajstić information content (AvgIpc) is 2.61. The van der Waals surface area contributed by atoms with E-state index in [1.54, 1.807) is 17.7 Å². The molecular formula is C13H14N2O2. The molecule has 0 bridgehead atoms. The van der Waals surface area contributed by atoms with Crippen LogP contribution in [0, 0.1) is 20.8 Å². The number of hydrogen-bond acceptors (Lipinski definition) is 2. The molecular weight excluding hydrogens is 216 g/mol. The first-order chi connectivity index (χ1) is 7.99. The van der Waals surface area contributed by atoms with Crippen LogP contribution in [-0.2, 0) is 0 Å². The third-order valence-corrected chi connectivity index (χ3v) is 2.71. The molecule has 0 aliphatic carbocycles. The molecule has 0 spiro atoms. The zero-order valence-corrected chi connectivity index (χ0v) is 10.1. The number of imidazole rings is 1. The SMILES string of the molecule is Cc1ccc(-n2cc(C(=O)O)nc2C)c(C)c1. The number of aromatic carboxylic acids is 1. The van der Waals surface area contributed by atoms with Crippen molar-refractivity contribution in [2.24, 2.45) is 0 Å². The summed E-state index contributed by atoms with van der Waals surface area (Å²) in [7, 11) is 0. The second-order valence-corrected chi connectivity index (χ2v) is 4.14. The Hall–Kier alpha value is -2.10. The summed E-state index contributed by atoms with van der Waals surface area (Å²) < 4.78 is 1.80. The number of aryl methyl sites for hydroxylation is 3. The maximum absolute atomic E-state index is 10.9. The van der Waals surface area contributed by atoms with E-state index in [1.165, 1.54) is 5.56 Å². The van der Waals surface area contributed by atoms with Gasteiger partial charge >= 0.3 is 5.97 Å². The Labute approximate surface area is 99.5 Å². The van der Waals surface area contributed by atoms with Crippen molar-refractivity contribution in [2.75, 3.05) is 0 Å². The Bertz CT molecular complexity index is 585. The third-order valence-electron chi connectivity index (χ3n) is 2.71. The normalized spacial score (nSPS) is 10.5. The highest BCUT2D eigenvalue weighted by atomic mass is 16.4. The van der Waals surface area contributed by atoms with Crippen LogP contribution in [-0.4, -0.2) is 20.6 Å².